The molecule has 0 fully saturated rings. The Hall–Kier alpha value is -2.78. The monoisotopic (exact) mass is 350 g/mol. The predicted octanol–water partition coefficient (Wildman–Crippen LogP) is 4.08. The van der Waals surface area contributed by atoms with Crippen molar-refractivity contribution in [1.29, 1.82) is 0 Å². The number of carbonyl (C=O) groups excluding carboxylic acids is 1. The van der Waals surface area contributed by atoms with Gasteiger partial charge in [-0.15, -0.1) is 0 Å². The summed E-state index contributed by atoms with van der Waals surface area (Å²) in [7, 11) is 0. The second-order valence-electron chi connectivity index (χ2n) is 4.62. The fourth-order valence-corrected chi connectivity index (χ4v) is 1.79. The van der Waals surface area contributed by atoms with Crippen molar-refractivity contribution in [3.63, 3.8) is 0 Å². The maximum Gasteiger partial charge on any atom is 0.416 e. The van der Waals surface area contributed by atoms with Gasteiger partial charge < -0.3 is 10.4 Å². The summed E-state index contributed by atoms with van der Waals surface area (Å²) in [6.07, 6.45) is -8.94. The Balaban J connectivity index is 2.43. The zero-order valence-corrected chi connectivity index (χ0v) is 11.5. The molecule has 0 saturated heterocycles. The van der Waals surface area contributed by atoms with Crippen molar-refractivity contribution in [1.82, 2.24) is 4.98 Å². The highest BCUT2D eigenvalue weighted by Gasteiger charge is 2.37. The van der Waals surface area contributed by atoms with E-state index in [9.17, 15) is 36.2 Å². The Bertz CT molecular complexity index is 738. The molecular formula is C14H8F6N2O2. The van der Waals surface area contributed by atoms with E-state index in [0.717, 1.165) is 12.3 Å². The lowest BCUT2D eigenvalue weighted by molar-refractivity contribution is -0.143. The van der Waals surface area contributed by atoms with Gasteiger partial charge in [0.25, 0.3) is 5.91 Å². The number of halogens is 6. The van der Waals surface area contributed by atoms with Gasteiger partial charge in [0.2, 0.25) is 0 Å². The minimum absolute atomic E-state index is 0.0616. The molecule has 2 aromatic rings. The molecule has 1 aromatic carbocycles. The van der Waals surface area contributed by atoms with E-state index in [-0.39, 0.29) is 6.07 Å². The van der Waals surface area contributed by atoms with E-state index >= 15 is 0 Å². The molecule has 1 amide bonds. The van der Waals surface area contributed by atoms with Crippen LogP contribution in [0.15, 0.2) is 36.5 Å². The van der Waals surface area contributed by atoms with Gasteiger partial charge in [0.05, 0.1) is 11.1 Å². The second-order valence-corrected chi connectivity index (χ2v) is 4.62. The molecule has 0 aliphatic carbocycles. The molecular weight excluding hydrogens is 342 g/mol. The number of benzene rings is 1. The van der Waals surface area contributed by atoms with Crippen molar-refractivity contribution in [2.45, 2.75) is 12.4 Å². The van der Waals surface area contributed by atoms with E-state index in [1.165, 1.54) is 6.07 Å². The lowest BCUT2D eigenvalue weighted by atomic mass is 10.1. The molecule has 10 heteroatoms. The second kappa shape index (κ2) is 6.02. The van der Waals surface area contributed by atoms with E-state index < -0.39 is 46.5 Å². The first-order valence-corrected chi connectivity index (χ1v) is 6.23. The van der Waals surface area contributed by atoms with E-state index in [1.54, 1.807) is 0 Å². The third-order valence-electron chi connectivity index (χ3n) is 2.85. The van der Waals surface area contributed by atoms with Gasteiger partial charge >= 0.3 is 12.4 Å². The molecule has 0 spiro atoms. The molecule has 2 N–H and O–H groups in total. The number of alkyl halides is 6. The standard InChI is InChI=1S/C14H8F6N2O2/c15-13(16,17)7-4-8(14(18,19)20)6-9(5-7)22-12(24)11-10(23)2-1-3-21-11/h1-6,23H,(H,22,24). The highest BCUT2D eigenvalue weighted by atomic mass is 19.4. The number of nitrogens with one attached hydrogen (secondary N) is 1. The van der Waals surface area contributed by atoms with Crippen LogP contribution in [-0.2, 0) is 12.4 Å². The Morgan fingerprint density at radius 3 is 2.00 bits per heavy atom. The molecule has 2 rings (SSSR count). The molecule has 0 aliphatic rings. The molecule has 128 valence electrons. The van der Waals surface area contributed by atoms with Gasteiger partial charge in [-0.05, 0) is 30.3 Å². The van der Waals surface area contributed by atoms with Crippen LogP contribution in [-0.4, -0.2) is 16.0 Å². The summed E-state index contributed by atoms with van der Waals surface area (Å²) in [5, 5.41) is 11.3. The number of anilines is 1. The minimum Gasteiger partial charge on any atom is -0.505 e. The Morgan fingerprint density at radius 2 is 1.54 bits per heavy atom. The predicted molar refractivity (Wildman–Crippen MR) is 70.3 cm³/mol. The Morgan fingerprint density at radius 1 is 1.00 bits per heavy atom. The normalized spacial score (nSPS) is 12.1. The molecule has 0 aliphatic heterocycles. The summed E-state index contributed by atoms with van der Waals surface area (Å²) in [5.41, 5.74) is -4.41. The lowest BCUT2D eigenvalue weighted by Gasteiger charge is -2.14. The molecule has 24 heavy (non-hydrogen) atoms. The van der Waals surface area contributed by atoms with Gasteiger partial charge in [-0.2, -0.15) is 26.3 Å². The number of pyridine rings is 1. The zero-order chi connectivity index (χ0) is 18.1. The van der Waals surface area contributed by atoms with Gasteiger partial charge in [0.1, 0.15) is 5.75 Å². The summed E-state index contributed by atoms with van der Waals surface area (Å²) >= 11 is 0. The third kappa shape index (κ3) is 3.94. The quantitative estimate of drug-likeness (QED) is 0.803. The maximum absolute atomic E-state index is 12.7. The molecule has 0 saturated carbocycles. The van der Waals surface area contributed by atoms with E-state index in [2.05, 4.69) is 4.98 Å². The van der Waals surface area contributed by atoms with Crippen molar-refractivity contribution in [2.24, 2.45) is 0 Å². The van der Waals surface area contributed by atoms with Crippen LogP contribution in [0.2, 0.25) is 0 Å². The van der Waals surface area contributed by atoms with Crippen LogP contribution in [0.25, 0.3) is 0 Å². The zero-order valence-electron chi connectivity index (χ0n) is 11.5. The average molecular weight is 350 g/mol. The first-order chi connectivity index (χ1) is 11.0. The summed E-state index contributed by atoms with van der Waals surface area (Å²) in [6, 6.07) is 3.03. The van der Waals surface area contributed by atoms with E-state index in [0.29, 0.717) is 12.1 Å². The number of carbonyl (C=O) groups is 1. The number of nitrogens with zero attached hydrogens (tertiary/aromatic N) is 1. The van der Waals surface area contributed by atoms with Gasteiger partial charge in [-0.1, -0.05) is 0 Å². The summed E-state index contributed by atoms with van der Waals surface area (Å²) in [6.45, 7) is 0. The van der Waals surface area contributed by atoms with Gasteiger partial charge in [-0.3, -0.25) is 4.79 Å². The topological polar surface area (TPSA) is 62.2 Å². The first kappa shape index (κ1) is 17.6. The number of hydrogen-bond donors (Lipinski definition) is 2. The van der Waals surface area contributed by atoms with Crippen LogP contribution in [0.5, 0.6) is 5.75 Å². The molecule has 0 atom stereocenters. The minimum atomic E-state index is -5.03. The van der Waals surface area contributed by atoms with Crippen LogP contribution in [0, 0.1) is 0 Å². The van der Waals surface area contributed by atoms with Crippen molar-refractivity contribution in [3.05, 3.63) is 53.3 Å². The Kier molecular flexibility index (Phi) is 4.41. The maximum atomic E-state index is 12.7. The number of aromatic nitrogens is 1. The van der Waals surface area contributed by atoms with E-state index in [4.69, 9.17) is 0 Å². The van der Waals surface area contributed by atoms with Crippen molar-refractivity contribution < 1.29 is 36.2 Å². The molecule has 4 nitrogen and oxygen atoms in total. The van der Waals surface area contributed by atoms with Crippen LogP contribution < -0.4 is 5.32 Å². The Labute approximate surface area is 130 Å². The molecule has 0 unspecified atom stereocenters. The molecule has 1 aromatic heterocycles. The van der Waals surface area contributed by atoms with Gasteiger partial charge in [0.15, 0.2) is 5.69 Å². The highest BCUT2D eigenvalue weighted by Crippen LogP contribution is 2.37. The number of amides is 1. The van der Waals surface area contributed by atoms with Gasteiger partial charge in [0, 0.05) is 11.9 Å². The average Bonchev–Trinajstić information content (AvgIpc) is 2.45. The number of aromatic hydroxyl groups is 1. The SMILES string of the molecule is O=C(Nc1cc(C(F)(F)F)cc(C(F)(F)F)c1)c1ncccc1O. The van der Waals surface area contributed by atoms with Gasteiger partial charge in [-0.25, -0.2) is 4.98 Å². The van der Waals surface area contributed by atoms with E-state index in [1.807, 2.05) is 5.32 Å². The first-order valence-electron chi connectivity index (χ1n) is 6.23. The van der Waals surface area contributed by atoms with Crippen molar-refractivity contribution in [2.75, 3.05) is 5.32 Å². The smallest absolute Gasteiger partial charge is 0.416 e. The van der Waals surface area contributed by atoms with Crippen LogP contribution in [0.3, 0.4) is 0 Å². The van der Waals surface area contributed by atoms with Crippen LogP contribution >= 0.6 is 0 Å². The molecule has 0 bridgehead atoms. The fourth-order valence-electron chi connectivity index (χ4n) is 1.79. The lowest BCUT2D eigenvalue weighted by Crippen LogP contribution is -2.16. The number of hydrogen-bond acceptors (Lipinski definition) is 3. The van der Waals surface area contributed by atoms with Crippen LogP contribution in [0.4, 0.5) is 32.0 Å². The largest absolute Gasteiger partial charge is 0.505 e. The highest BCUT2D eigenvalue weighted by molar-refractivity contribution is 6.04. The molecule has 0 radical (unpaired) electrons. The summed E-state index contributed by atoms with van der Waals surface area (Å²) < 4.78 is 76.4. The summed E-state index contributed by atoms with van der Waals surface area (Å²) in [5.74, 6) is -1.72. The third-order valence-corrected chi connectivity index (χ3v) is 2.85. The van der Waals surface area contributed by atoms with Crippen molar-refractivity contribution >= 4 is 11.6 Å². The number of rotatable bonds is 2. The molecule has 1 heterocycles. The van der Waals surface area contributed by atoms with Crippen LogP contribution in [0.1, 0.15) is 21.6 Å². The summed E-state index contributed by atoms with van der Waals surface area (Å²) in [4.78, 5) is 15.4. The fraction of sp³-hybridized carbons (Fsp3) is 0.143. The van der Waals surface area contributed by atoms with Crippen molar-refractivity contribution in [3.8, 4) is 5.75 Å².